The zero-order valence-corrected chi connectivity index (χ0v) is 74.1. The molecule has 0 saturated carbocycles. The number of amides is 3. The molecule has 3 heterocycles. The number of carbonyl (C=O) groups is 4. The number of para-hydroxylation sites is 6. The van der Waals surface area contributed by atoms with Gasteiger partial charge in [0, 0.05) is 164 Å². The van der Waals surface area contributed by atoms with Crippen LogP contribution in [0, 0.1) is 6.92 Å². The smallest absolute Gasteiger partial charge is 0.417 e. The molecule has 3 amide bonds. The highest BCUT2D eigenvalue weighted by Crippen LogP contribution is 2.40. The van der Waals surface area contributed by atoms with E-state index in [9.17, 15) is 19.2 Å². The highest BCUT2D eigenvalue weighted by Gasteiger charge is 2.21. The van der Waals surface area contributed by atoms with E-state index in [-0.39, 0.29) is 25.6 Å². The Balaban J connectivity index is 0.000000162. The molecule has 6 N–H and O–H groups in total. The Morgan fingerprint density at radius 1 is 0.349 bits per heavy atom. The van der Waals surface area contributed by atoms with E-state index in [2.05, 4.69) is 65.7 Å². The van der Waals surface area contributed by atoms with Crippen LogP contribution in [0.4, 0.5) is 82.6 Å². The number of alkyl halides is 6. The second kappa shape index (κ2) is 45.1. The average Bonchev–Trinajstić information content (AvgIpc) is 0.772. The molecule has 28 heteroatoms. The van der Waals surface area contributed by atoms with E-state index in [0.29, 0.717) is 126 Å². The van der Waals surface area contributed by atoms with Crippen LogP contribution in [0.2, 0.25) is 0 Å². The standard InChI is InChI=1S/C35H34Cl2N4O4.C32H30Cl2N4O3.C31H28Cl2N4O3/c1-2-44-35(43)39-27-20-25(23-45-33(42)21-24-11-13-28(14-12-24)41(17-15-36)18-16-37)19-26(22-27)38-34-29-7-3-5-9-31(29)40-32-10-6-4-8-30(32)34;1-21-6-5-8-26-30(21)36-27-9-4-3-7-25(27)31(26)35-22-10-15-29(40-2)28(20-22)37-32(39)41-24-13-11-23(12-14-24)38(18-16-33)19-17-34;1-39-25-19-21(34-30-26-6-2-4-8-28(26)36-29-9-5-3-7-27(29)30)18-22(20-25)35-31(38)40-24-12-10-23(11-13-24)37(16-14-32)17-15-33/h3-14,19-20,22H,2,15-18,21,23H2,1H3,(H,38,40)(H,39,43);3-15,20H,16-19H2,1-2H3,(H,35,36)(H,37,39);2-13,18-20H,14-17H2,1H3,(H,34,36)(H,35,38). The molecule has 0 spiro atoms. The van der Waals surface area contributed by atoms with Crippen molar-refractivity contribution < 1.29 is 47.6 Å². The van der Waals surface area contributed by atoms with E-state index in [1.54, 1.807) is 63.6 Å². The molecule has 0 fully saturated rings. The largest absolute Gasteiger partial charge is 0.497 e. The summed E-state index contributed by atoms with van der Waals surface area (Å²) in [4.78, 5) is 71.5. The Bertz CT molecular complexity index is 6160. The third-order valence-corrected chi connectivity index (χ3v) is 21.3. The number of aryl methyl sites for hydroxylation is 1. The number of rotatable bonds is 33. The second-order valence-electron chi connectivity index (χ2n) is 28.6. The monoisotopic (exact) mass is 1810 g/mol. The topological polar surface area (TPSA) is 244 Å². The van der Waals surface area contributed by atoms with Gasteiger partial charge in [0.15, 0.2) is 0 Å². The molecule has 15 aromatic rings. The molecule has 22 nitrogen and oxygen atoms in total. The molecule has 646 valence electrons. The van der Waals surface area contributed by atoms with Gasteiger partial charge in [-0.2, -0.15) is 0 Å². The van der Waals surface area contributed by atoms with Crippen molar-refractivity contribution >= 4 is 228 Å². The third kappa shape index (κ3) is 23.9. The van der Waals surface area contributed by atoms with E-state index >= 15 is 0 Å². The van der Waals surface area contributed by atoms with Gasteiger partial charge >= 0.3 is 24.2 Å². The van der Waals surface area contributed by atoms with Gasteiger partial charge in [-0.1, -0.05) is 121 Å². The van der Waals surface area contributed by atoms with Crippen LogP contribution in [-0.4, -0.2) is 135 Å². The number of aromatic nitrogens is 3. The molecule has 0 aliphatic carbocycles. The van der Waals surface area contributed by atoms with E-state index in [1.807, 2.05) is 212 Å². The number of hydrogen-bond acceptors (Lipinski definition) is 19. The third-order valence-electron chi connectivity index (χ3n) is 20.2. The minimum absolute atomic E-state index is 0.0149. The summed E-state index contributed by atoms with van der Waals surface area (Å²) in [6, 6.07) is 84.5. The zero-order valence-electron chi connectivity index (χ0n) is 69.5. The summed E-state index contributed by atoms with van der Waals surface area (Å²) in [6.45, 7) is 8.10. The van der Waals surface area contributed by atoms with Gasteiger partial charge in [0.05, 0.1) is 83.1 Å². The van der Waals surface area contributed by atoms with E-state index in [0.717, 1.165) is 122 Å². The lowest BCUT2D eigenvalue weighted by Gasteiger charge is -2.23. The average molecular weight is 1810 g/mol. The van der Waals surface area contributed by atoms with E-state index in [4.69, 9.17) is 113 Å². The summed E-state index contributed by atoms with van der Waals surface area (Å²) in [6.07, 6.45) is -1.71. The molecule has 0 unspecified atom stereocenters. The minimum atomic E-state index is -0.637. The van der Waals surface area contributed by atoms with Gasteiger partial charge in [-0.25, -0.2) is 29.3 Å². The molecule has 0 radical (unpaired) electrons. The number of fused-ring (bicyclic) bond motifs is 6. The van der Waals surface area contributed by atoms with Crippen LogP contribution in [0.1, 0.15) is 23.6 Å². The number of methoxy groups -OCH3 is 2. The van der Waals surface area contributed by atoms with Crippen molar-refractivity contribution in [3.05, 3.63) is 284 Å². The summed E-state index contributed by atoms with van der Waals surface area (Å²) in [5, 5.41) is 24.9. The van der Waals surface area contributed by atoms with Crippen molar-refractivity contribution in [2.45, 2.75) is 26.9 Å². The number of esters is 1. The van der Waals surface area contributed by atoms with Crippen LogP contribution in [0.5, 0.6) is 23.0 Å². The Morgan fingerprint density at radius 2 is 0.738 bits per heavy atom. The first kappa shape index (κ1) is 90.8. The fourth-order valence-corrected chi connectivity index (χ4v) is 15.6. The maximum Gasteiger partial charge on any atom is 0.417 e. The Morgan fingerprint density at radius 3 is 1.19 bits per heavy atom. The normalized spacial score (nSPS) is 10.9. The number of nitrogens with one attached hydrogen (secondary N) is 6. The highest BCUT2D eigenvalue weighted by molar-refractivity contribution is 6.20. The van der Waals surface area contributed by atoms with Crippen molar-refractivity contribution in [3.63, 3.8) is 0 Å². The van der Waals surface area contributed by atoms with Gasteiger partial charge in [0.25, 0.3) is 0 Å². The first-order valence-electron chi connectivity index (χ1n) is 40.7. The van der Waals surface area contributed by atoms with Crippen molar-refractivity contribution in [1.82, 2.24) is 15.0 Å². The van der Waals surface area contributed by atoms with Crippen LogP contribution in [-0.2, 0) is 27.3 Å². The van der Waals surface area contributed by atoms with E-state index < -0.39 is 18.3 Å². The lowest BCUT2D eigenvalue weighted by molar-refractivity contribution is -0.144. The van der Waals surface area contributed by atoms with Gasteiger partial charge in [-0.15, -0.1) is 69.6 Å². The van der Waals surface area contributed by atoms with Crippen molar-refractivity contribution in [1.29, 1.82) is 0 Å². The van der Waals surface area contributed by atoms with Crippen LogP contribution < -0.4 is 65.5 Å². The number of halogens is 6. The number of nitrogens with zero attached hydrogens (tertiary/aromatic N) is 6. The lowest BCUT2D eigenvalue weighted by Crippen LogP contribution is -2.27. The van der Waals surface area contributed by atoms with Crippen molar-refractivity contribution in [2.24, 2.45) is 0 Å². The first-order chi connectivity index (χ1) is 61.5. The fraction of sp³-hybridized carbons (Fsp3) is 0.194. The molecule has 12 aromatic carbocycles. The molecular formula is C98H92Cl6N12O10. The highest BCUT2D eigenvalue weighted by atomic mass is 35.5. The maximum absolute atomic E-state index is 12.9. The SMILES string of the molecule is CCOC(=O)Nc1cc(COC(=O)Cc2ccc(N(CCCl)CCCl)cc2)cc(Nc2c3ccccc3nc3ccccc23)c1.COc1cc(NC(=O)Oc2ccc(N(CCCl)CCCl)cc2)cc(Nc2c3ccccc3nc3ccccc23)c1.COc1ccc(Nc2c3ccccc3nc3c(C)cccc23)cc1NC(=O)Oc1ccc(N(CCCl)CCCl)cc1. The quantitative estimate of drug-likeness (QED) is 0.0127. The summed E-state index contributed by atoms with van der Waals surface area (Å²) in [5.41, 5.74) is 17.2. The molecule has 15 rings (SSSR count). The Labute approximate surface area is 760 Å². The zero-order chi connectivity index (χ0) is 88.3. The Hall–Kier alpha value is -12.9. The molecule has 126 heavy (non-hydrogen) atoms. The summed E-state index contributed by atoms with van der Waals surface area (Å²) < 4.78 is 32.9. The maximum atomic E-state index is 12.9. The lowest BCUT2D eigenvalue weighted by atomic mass is 10.0. The molecule has 0 aliphatic rings. The summed E-state index contributed by atoms with van der Waals surface area (Å²) >= 11 is 35.5. The molecular weight excluding hydrogens is 1720 g/mol. The van der Waals surface area contributed by atoms with Gasteiger partial charge in [-0.05, 0) is 164 Å². The number of hydrogen-bond donors (Lipinski definition) is 6. The van der Waals surface area contributed by atoms with Crippen LogP contribution >= 0.6 is 69.6 Å². The van der Waals surface area contributed by atoms with Crippen molar-refractivity contribution in [3.8, 4) is 23.0 Å². The number of carbonyl (C=O) groups excluding carboxylic acids is 4. The number of pyridine rings is 3. The van der Waals surface area contributed by atoms with Crippen LogP contribution in [0.25, 0.3) is 65.4 Å². The van der Waals surface area contributed by atoms with Gasteiger partial charge in [-0.3, -0.25) is 20.7 Å². The van der Waals surface area contributed by atoms with E-state index in [1.165, 1.54) is 0 Å². The van der Waals surface area contributed by atoms with Gasteiger partial charge in [0.2, 0.25) is 0 Å². The summed E-state index contributed by atoms with van der Waals surface area (Å²) in [5.74, 6) is 4.46. The van der Waals surface area contributed by atoms with Gasteiger partial charge in [0.1, 0.15) is 29.6 Å². The predicted octanol–water partition coefficient (Wildman–Crippen LogP) is 24.6. The van der Waals surface area contributed by atoms with Crippen LogP contribution in [0.15, 0.2) is 267 Å². The minimum Gasteiger partial charge on any atom is -0.497 e. The molecule has 3 aromatic heterocycles. The second-order valence-corrected chi connectivity index (χ2v) is 30.9. The number of ether oxygens (including phenoxy) is 6. The van der Waals surface area contributed by atoms with Crippen molar-refractivity contribution in [2.75, 3.05) is 142 Å². The molecule has 0 aliphatic heterocycles. The Kier molecular flexibility index (Phi) is 32.5. The fourth-order valence-electron chi connectivity index (χ4n) is 14.4. The molecule has 0 atom stereocenters. The first-order valence-corrected chi connectivity index (χ1v) is 43.9. The summed E-state index contributed by atoms with van der Waals surface area (Å²) in [7, 11) is 3.13. The predicted molar refractivity (Wildman–Crippen MR) is 518 cm³/mol. The molecule has 0 bridgehead atoms. The molecule has 0 saturated heterocycles. The number of benzene rings is 12. The van der Waals surface area contributed by atoms with Gasteiger partial charge < -0.3 is 59.1 Å². The number of anilines is 12. The van der Waals surface area contributed by atoms with Crippen LogP contribution in [0.3, 0.4) is 0 Å².